The number of carbonyl (C=O) groups is 1. The minimum Gasteiger partial charge on any atom is -0.485 e. The third kappa shape index (κ3) is 1.13. The number of ether oxygens (including phenoxy) is 1. The number of carboxylic acids is 1. The molecule has 16 heavy (non-hydrogen) atoms. The van der Waals surface area contributed by atoms with Crippen LogP contribution in [0.4, 0.5) is 0 Å². The van der Waals surface area contributed by atoms with Crippen LogP contribution in [0.15, 0.2) is 36.4 Å². The Morgan fingerprint density at radius 3 is 2.88 bits per heavy atom. The van der Waals surface area contributed by atoms with Crippen LogP contribution in [-0.2, 0) is 6.61 Å². The zero-order valence-electron chi connectivity index (χ0n) is 8.38. The Hall–Kier alpha value is -2.23. The Balaban J connectivity index is 2.29. The van der Waals surface area contributed by atoms with Crippen molar-refractivity contribution in [1.29, 1.82) is 0 Å². The molecule has 0 saturated heterocycles. The second-order valence-electron chi connectivity index (χ2n) is 3.61. The van der Waals surface area contributed by atoms with Crippen LogP contribution in [0.2, 0.25) is 0 Å². The SMILES string of the molecule is O=C(O)c1ccc2n1-c1ccccc1OC2. The lowest BCUT2D eigenvalue weighted by Gasteiger charge is -2.21. The largest absolute Gasteiger partial charge is 0.485 e. The minimum absolute atomic E-state index is 0.269. The zero-order chi connectivity index (χ0) is 11.1. The third-order valence-corrected chi connectivity index (χ3v) is 2.66. The molecular formula is C12H9NO3. The fraction of sp³-hybridized carbons (Fsp3) is 0.0833. The van der Waals surface area contributed by atoms with E-state index in [1.165, 1.54) is 0 Å². The lowest BCUT2D eigenvalue weighted by molar-refractivity contribution is 0.0687. The fourth-order valence-corrected chi connectivity index (χ4v) is 1.96. The second kappa shape index (κ2) is 3.13. The van der Waals surface area contributed by atoms with Gasteiger partial charge in [0.15, 0.2) is 0 Å². The van der Waals surface area contributed by atoms with Gasteiger partial charge >= 0.3 is 5.97 Å². The molecule has 0 radical (unpaired) electrons. The maximum Gasteiger partial charge on any atom is 0.352 e. The Kier molecular flexibility index (Phi) is 1.77. The Bertz CT molecular complexity index is 571. The van der Waals surface area contributed by atoms with Gasteiger partial charge in [0.1, 0.15) is 18.1 Å². The van der Waals surface area contributed by atoms with Crippen LogP contribution in [0, 0.1) is 0 Å². The Labute approximate surface area is 91.7 Å². The number of benzene rings is 1. The summed E-state index contributed by atoms with van der Waals surface area (Å²) in [5.41, 5.74) is 1.91. The number of hydrogen-bond donors (Lipinski definition) is 1. The van der Waals surface area contributed by atoms with E-state index in [1.807, 2.05) is 24.3 Å². The molecule has 0 bridgehead atoms. The van der Waals surface area contributed by atoms with Crippen LogP contribution >= 0.6 is 0 Å². The van der Waals surface area contributed by atoms with E-state index < -0.39 is 5.97 Å². The maximum atomic E-state index is 11.1. The maximum absolute atomic E-state index is 11.1. The van der Waals surface area contributed by atoms with E-state index in [0.717, 1.165) is 11.4 Å². The van der Waals surface area contributed by atoms with Crippen LogP contribution in [0.1, 0.15) is 16.2 Å². The molecule has 80 valence electrons. The number of hydrogen-bond acceptors (Lipinski definition) is 2. The molecule has 0 fully saturated rings. The highest BCUT2D eigenvalue weighted by molar-refractivity contribution is 5.87. The molecule has 0 unspecified atom stereocenters. The Morgan fingerprint density at radius 1 is 1.25 bits per heavy atom. The molecule has 0 amide bonds. The van der Waals surface area contributed by atoms with Crippen molar-refractivity contribution in [3.63, 3.8) is 0 Å². The van der Waals surface area contributed by atoms with Gasteiger partial charge in [-0.3, -0.25) is 0 Å². The van der Waals surface area contributed by atoms with Crippen molar-refractivity contribution in [1.82, 2.24) is 4.57 Å². The monoisotopic (exact) mass is 215 g/mol. The van der Waals surface area contributed by atoms with Gasteiger partial charge in [0.05, 0.1) is 11.4 Å². The summed E-state index contributed by atoms with van der Waals surface area (Å²) in [5, 5.41) is 9.09. The summed E-state index contributed by atoms with van der Waals surface area (Å²) < 4.78 is 7.25. The molecule has 0 atom stereocenters. The zero-order valence-corrected chi connectivity index (χ0v) is 8.38. The molecule has 2 aromatic rings. The standard InChI is InChI=1S/C12H9NO3/c14-12(15)10-6-5-8-7-16-11-4-2-1-3-9(11)13(8)10/h1-6H,7H2,(H,14,15). The van der Waals surface area contributed by atoms with E-state index in [-0.39, 0.29) is 5.69 Å². The molecule has 1 aliphatic rings. The summed E-state index contributed by atoms with van der Waals surface area (Å²) in [6.45, 7) is 0.407. The quantitative estimate of drug-likeness (QED) is 0.792. The average Bonchev–Trinajstić information content (AvgIpc) is 2.73. The van der Waals surface area contributed by atoms with Gasteiger partial charge < -0.3 is 14.4 Å². The molecule has 3 rings (SSSR count). The third-order valence-electron chi connectivity index (χ3n) is 2.66. The van der Waals surface area contributed by atoms with Crippen LogP contribution in [0.25, 0.3) is 5.69 Å². The van der Waals surface area contributed by atoms with Crippen molar-refractivity contribution in [3.05, 3.63) is 47.8 Å². The lowest BCUT2D eigenvalue weighted by Crippen LogP contribution is -2.16. The number of carboxylic acid groups (broad SMARTS) is 1. The molecule has 1 aromatic heterocycles. The van der Waals surface area contributed by atoms with Gasteiger partial charge in [-0.15, -0.1) is 0 Å². The van der Waals surface area contributed by atoms with Gasteiger partial charge in [0.2, 0.25) is 0 Å². The van der Waals surface area contributed by atoms with Crippen molar-refractivity contribution in [2.24, 2.45) is 0 Å². The van der Waals surface area contributed by atoms with Gasteiger partial charge in [-0.25, -0.2) is 4.79 Å². The molecule has 0 spiro atoms. The number of nitrogens with zero attached hydrogens (tertiary/aromatic N) is 1. The van der Waals surface area contributed by atoms with E-state index in [1.54, 1.807) is 16.7 Å². The first-order valence-electron chi connectivity index (χ1n) is 4.93. The molecule has 4 nitrogen and oxygen atoms in total. The number of para-hydroxylation sites is 2. The molecular weight excluding hydrogens is 206 g/mol. The van der Waals surface area contributed by atoms with Gasteiger partial charge in [0, 0.05) is 0 Å². The predicted octanol–water partition coefficient (Wildman–Crippen LogP) is 2.07. The summed E-state index contributed by atoms with van der Waals surface area (Å²) in [7, 11) is 0. The van der Waals surface area contributed by atoms with Crippen molar-refractivity contribution in [2.75, 3.05) is 0 Å². The van der Waals surface area contributed by atoms with Crippen molar-refractivity contribution in [3.8, 4) is 11.4 Å². The second-order valence-corrected chi connectivity index (χ2v) is 3.61. The first-order valence-corrected chi connectivity index (χ1v) is 4.93. The highest BCUT2D eigenvalue weighted by Gasteiger charge is 2.21. The van der Waals surface area contributed by atoms with Crippen LogP contribution in [0.5, 0.6) is 5.75 Å². The Morgan fingerprint density at radius 2 is 2.06 bits per heavy atom. The van der Waals surface area contributed by atoms with Gasteiger partial charge in [0.25, 0.3) is 0 Å². The molecule has 2 heterocycles. The van der Waals surface area contributed by atoms with E-state index in [9.17, 15) is 4.79 Å². The van der Waals surface area contributed by atoms with E-state index in [0.29, 0.717) is 12.4 Å². The van der Waals surface area contributed by atoms with E-state index >= 15 is 0 Å². The highest BCUT2D eigenvalue weighted by atomic mass is 16.5. The van der Waals surface area contributed by atoms with Crippen LogP contribution < -0.4 is 4.74 Å². The normalized spacial score (nSPS) is 12.5. The topological polar surface area (TPSA) is 51.5 Å². The van der Waals surface area contributed by atoms with Gasteiger partial charge in [-0.05, 0) is 24.3 Å². The molecule has 1 aromatic carbocycles. The summed E-state index contributed by atoms with van der Waals surface area (Å²) in [4.78, 5) is 11.1. The average molecular weight is 215 g/mol. The lowest BCUT2D eigenvalue weighted by atomic mass is 10.2. The first-order chi connectivity index (χ1) is 7.77. The molecule has 1 N–H and O–H groups in total. The van der Waals surface area contributed by atoms with Gasteiger partial charge in [-0.1, -0.05) is 12.1 Å². The number of aromatic nitrogens is 1. The van der Waals surface area contributed by atoms with Crippen LogP contribution in [-0.4, -0.2) is 15.6 Å². The molecule has 0 saturated carbocycles. The van der Waals surface area contributed by atoms with Crippen molar-refractivity contribution >= 4 is 5.97 Å². The van der Waals surface area contributed by atoms with Crippen molar-refractivity contribution < 1.29 is 14.6 Å². The molecule has 0 aliphatic carbocycles. The summed E-state index contributed by atoms with van der Waals surface area (Å²) in [6.07, 6.45) is 0. The number of rotatable bonds is 1. The highest BCUT2D eigenvalue weighted by Crippen LogP contribution is 2.31. The fourth-order valence-electron chi connectivity index (χ4n) is 1.96. The predicted molar refractivity (Wildman–Crippen MR) is 57.1 cm³/mol. The number of fused-ring (bicyclic) bond motifs is 3. The smallest absolute Gasteiger partial charge is 0.352 e. The summed E-state index contributed by atoms with van der Waals surface area (Å²) in [5.74, 6) is -0.211. The molecule has 1 aliphatic heterocycles. The summed E-state index contributed by atoms with van der Waals surface area (Å²) in [6, 6.07) is 10.8. The van der Waals surface area contributed by atoms with Gasteiger partial charge in [-0.2, -0.15) is 0 Å². The van der Waals surface area contributed by atoms with E-state index in [2.05, 4.69) is 0 Å². The molecule has 4 heteroatoms. The van der Waals surface area contributed by atoms with Crippen molar-refractivity contribution in [2.45, 2.75) is 6.61 Å². The number of aromatic carboxylic acids is 1. The van der Waals surface area contributed by atoms with Crippen LogP contribution in [0.3, 0.4) is 0 Å². The summed E-state index contributed by atoms with van der Waals surface area (Å²) >= 11 is 0. The first kappa shape index (κ1) is 9.03. The minimum atomic E-state index is -0.928. The van der Waals surface area contributed by atoms with E-state index in [4.69, 9.17) is 9.84 Å².